The Labute approximate surface area is 92.9 Å². The van der Waals surface area contributed by atoms with Gasteiger partial charge in [0.05, 0.1) is 5.56 Å². The topological polar surface area (TPSA) is 62.5 Å². The number of aliphatic hydroxyl groups is 1. The molecule has 0 aliphatic carbocycles. The zero-order valence-electron chi connectivity index (χ0n) is 8.77. The fraction of sp³-hybridized carbons (Fsp3) is 0.250. The van der Waals surface area contributed by atoms with Gasteiger partial charge in [0.2, 0.25) is 0 Å². The molecule has 0 spiro atoms. The molecular formula is C12H13NO3. The third kappa shape index (κ3) is 2.06. The molecule has 84 valence electrons. The van der Waals surface area contributed by atoms with Crippen LogP contribution in [0.4, 0.5) is 0 Å². The van der Waals surface area contributed by atoms with Crippen LogP contribution in [0, 0.1) is 0 Å². The highest BCUT2D eigenvalue weighted by atomic mass is 16.3. The number of aliphatic hydroxyl groups excluding tert-OH is 1. The van der Waals surface area contributed by atoms with E-state index in [0.717, 1.165) is 5.39 Å². The number of amides is 1. The minimum Gasteiger partial charge on any atom is -0.463 e. The molecule has 1 aromatic heterocycles. The molecule has 2 N–H and O–H groups in total. The third-order valence-electron chi connectivity index (χ3n) is 2.35. The Morgan fingerprint density at radius 3 is 3.00 bits per heavy atom. The Morgan fingerprint density at radius 2 is 2.19 bits per heavy atom. The molecule has 0 aliphatic rings. The van der Waals surface area contributed by atoms with E-state index in [0.29, 0.717) is 24.1 Å². The number of carbonyl (C=O) groups excluding carboxylic acids is 1. The predicted molar refractivity (Wildman–Crippen MR) is 60.3 cm³/mol. The lowest BCUT2D eigenvalue weighted by atomic mass is 10.1. The molecule has 0 aliphatic heterocycles. The van der Waals surface area contributed by atoms with Gasteiger partial charge in [-0.25, -0.2) is 0 Å². The van der Waals surface area contributed by atoms with Crippen molar-refractivity contribution in [2.75, 3.05) is 13.2 Å². The molecule has 0 saturated carbocycles. The van der Waals surface area contributed by atoms with Gasteiger partial charge in [-0.1, -0.05) is 18.2 Å². The first-order chi connectivity index (χ1) is 7.83. The van der Waals surface area contributed by atoms with Crippen LogP contribution in [0.2, 0.25) is 0 Å². The van der Waals surface area contributed by atoms with Crippen molar-refractivity contribution < 1.29 is 14.3 Å². The summed E-state index contributed by atoms with van der Waals surface area (Å²) in [7, 11) is 0. The average Bonchev–Trinajstić information content (AvgIpc) is 2.73. The van der Waals surface area contributed by atoms with E-state index in [9.17, 15) is 4.79 Å². The quantitative estimate of drug-likeness (QED) is 0.767. The predicted octanol–water partition coefficient (Wildman–Crippen LogP) is 1.54. The van der Waals surface area contributed by atoms with E-state index >= 15 is 0 Å². The van der Waals surface area contributed by atoms with Crippen molar-refractivity contribution in [1.29, 1.82) is 0 Å². The number of para-hydroxylation sites is 1. The van der Waals surface area contributed by atoms with Crippen molar-refractivity contribution in [3.63, 3.8) is 0 Å². The van der Waals surface area contributed by atoms with Crippen molar-refractivity contribution in [3.8, 4) is 0 Å². The van der Waals surface area contributed by atoms with Gasteiger partial charge in [0.1, 0.15) is 11.8 Å². The number of carbonyl (C=O) groups is 1. The van der Waals surface area contributed by atoms with E-state index in [1.807, 2.05) is 24.3 Å². The summed E-state index contributed by atoms with van der Waals surface area (Å²) in [6.45, 7) is 0.543. The van der Waals surface area contributed by atoms with Gasteiger partial charge in [-0.05, 0) is 12.5 Å². The van der Waals surface area contributed by atoms with Gasteiger partial charge >= 0.3 is 0 Å². The Hall–Kier alpha value is -1.81. The molecule has 0 unspecified atom stereocenters. The van der Waals surface area contributed by atoms with Gasteiger partial charge in [-0.3, -0.25) is 4.79 Å². The van der Waals surface area contributed by atoms with Crippen LogP contribution in [0.25, 0.3) is 11.0 Å². The molecule has 1 amide bonds. The van der Waals surface area contributed by atoms with Gasteiger partial charge in [0, 0.05) is 18.5 Å². The van der Waals surface area contributed by atoms with Crippen LogP contribution < -0.4 is 5.32 Å². The van der Waals surface area contributed by atoms with Crippen LogP contribution in [-0.4, -0.2) is 24.2 Å². The average molecular weight is 219 g/mol. The lowest BCUT2D eigenvalue weighted by molar-refractivity contribution is 0.0952. The van der Waals surface area contributed by atoms with Gasteiger partial charge in [0.15, 0.2) is 0 Å². The van der Waals surface area contributed by atoms with Crippen LogP contribution in [-0.2, 0) is 0 Å². The number of hydrogen-bond acceptors (Lipinski definition) is 3. The van der Waals surface area contributed by atoms with Gasteiger partial charge in [-0.2, -0.15) is 0 Å². The van der Waals surface area contributed by atoms with Crippen LogP contribution in [0.3, 0.4) is 0 Å². The first-order valence-electron chi connectivity index (χ1n) is 5.18. The zero-order valence-corrected chi connectivity index (χ0v) is 8.77. The molecule has 2 aromatic rings. The molecule has 0 bridgehead atoms. The molecule has 0 atom stereocenters. The SMILES string of the molecule is O=C(NCCCO)c1coc2ccccc12. The van der Waals surface area contributed by atoms with E-state index in [-0.39, 0.29) is 12.5 Å². The molecule has 0 fully saturated rings. The summed E-state index contributed by atoms with van der Waals surface area (Å²) in [5, 5.41) is 12.1. The first-order valence-corrected chi connectivity index (χ1v) is 5.18. The Kier molecular flexibility index (Phi) is 3.22. The standard InChI is InChI=1S/C12H13NO3/c14-7-3-6-13-12(15)10-8-16-11-5-2-1-4-9(10)11/h1-2,4-5,8,14H,3,6-7H2,(H,13,15). The van der Waals surface area contributed by atoms with Gasteiger partial charge in [0.25, 0.3) is 5.91 Å². The Bertz CT molecular complexity index is 490. The summed E-state index contributed by atoms with van der Waals surface area (Å²) >= 11 is 0. The molecule has 2 rings (SSSR count). The van der Waals surface area contributed by atoms with Crippen molar-refractivity contribution in [2.24, 2.45) is 0 Å². The monoisotopic (exact) mass is 219 g/mol. The van der Waals surface area contributed by atoms with Gasteiger partial charge in [-0.15, -0.1) is 0 Å². The smallest absolute Gasteiger partial charge is 0.255 e. The van der Waals surface area contributed by atoms with E-state index in [2.05, 4.69) is 5.32 Å². The van der Waals surface area contributed by atoms with Crippen molar-refractivity contribution in [3.05, 3.63) is 36.1 Å². The number of hydrogen-bond donors (Lipinski definition) is 2. The molecule has 1 aromatic carbocycles. The molecular weight excluding hydrogens is 206 g/mol. The third-order valence-corrected chi connectivity index (χ3v) is 2.35. The second-order valence-corrected chi connectivity index (χ2v) is 3.48. The molecule has 4 heteroatoms. The second kappa shape index (κ2) is 4.81. The van der Waals surface area contributed by atoms with E-state index < -0.39 is 0 Å². The largest absolute Gasteiger partial charge is 0.463 e. The minimum atomic E-state index is -0.168. The summed E-state index contributed by atoms with van der Waals surface area (Å²) in [6, 6.07) is 7.39. The highest BCUT2D eigenvalue weighted by molar-refractivity contribution is 6.05. The molecule has 0 radical (unpaired) electrons. The maximum absolute atomic E-state index is 11.7. The molecule has 16 heavy (non-hydrogen) atoms. The maximum atomic E-state index is 11.7. The lowest BCUT2D eigenvalue weighted by Gasteiger charge is -2.01. The van der Waals surface area contributed by atoms with E-state index in [1.165, 1.54) is 6.26 Å². The number of nitrogens with one attached hydrogen (secondary N) is 1. The highest BCUT2D eigenvalue weighted by Crippen LogP contribution is 2.20. The first kappa shape index (κ1) is 10.7. The van der Waals surface area contributed by atoms with Crippen molar-refractivity contribution in [2.45, 2.75) is 6.42 Å². The van der Waals surface area contributed by atoms with Crippen LogP contribution >= 0.6 is 0 Å². The van der Waals surface area contributed by atoms with E-state index in [4.69, 9.17) is 9.52 Å². The number of benzene rings is 1. The summed E-state index contributed by atoms with van der Waals surface area (Å²) < 4.78 is 5.27. The van der Waals surface area contributed by atoms with Crippen LogP contribution in [0.1, 0.15) is 16.8 Å². The fourth-order valence-corrected chi connectivity index (χ4v) is 1.53. The van der Waals surface area contributed by atoms with Crippen molar-refractivity contribution >= 4 is 16.9 Å². The Balaban J connectivity index is 2.17. The van der Waals surface area contributed by atoms with E-state index in [1.54, 1.807) is 0 Å². The maximum Gasteiger partial charge on any atom is 0.255 e. The lowest BCUT2D eigenvalue weighted by Crippen LogP contribution is -2.24. The number of rotatable bonds is 4. The molecule has 4 nitrogen and oxygen atoms in total. The zero-order chi connectivity index (χ0) is 11.4. The van der Waals surface area contributed by atoms with Crippen molar-refractivity contribution in [1.82, 2.24) is 5.32 Å². The van der Waals surface area contributed by atoms with Crippen LogP contribution in [0.15, 0.2) is 34.9 Å². The molecule has 1 heterocycles. The number of fused-ring (bicyclic) bond motifs is 1. The minimum absolute atomic E-state index is 0.0758. The fourth-order valence-electron chi connectivity index (χ4n) is 1.53. The second-order valence-electron chi connectivity index (χ2n) is 3.48. The Morgan fingerprint density at radius 1 is 1.38 bits per heavy atom. The normalized spacial score (nSPS) is 10.6. The highest BCUT2D eigenvalue weighted by Gasteiger charge is 2.12. The number of furan rings is 1. The summed E-state index contributed by atoms with van der Waals surface area (Å²) in [5.41, 5.74) is 1.24. The van der Waals surface area contributed by atoms with Gasteiger partial charge < -0.3 is 14.8 Å². The summed E-state index contributed by atoms with van der Waals surface area (Å²) in [5.74, 6) is -0.168. The van der Waals surface area contributed by atoms with Crippen LogP contribution in [0.5, 0.6) is 0 Å². The summed E-state index contributed by atoms with van der Waals surface area (Å²) in [4.78, 5) is 11.7. The molecule has 0 saturated heterocycles. The summed E-state index contributed by atoms with van der Waals surface area (Å²) in [6.07, 6.45) is 2.01.